The van der Waals surface area contributed by atoms with Gasteiger partial charge in [0.2, 0.25) is 5.95 Å². The summed E-state index contributed by atoms with van der Waals surface area (Å²) in [6.07, 6.45) is 1.88. The number of rotatable bonds is 5. The third-order valence-corrected chi connectivity index (χ3v) is 5.79. The molecule has 1 aromatic carbocycles. The van der Waals surface area contributed by atoms with Crippen molar-refractivity contribution in [3.63, 3.8) is 0 Å². The van der Waals surface area contributed by atoms with Crippen LogP contribution in [-0.2, 0) is 16.8 Å². The fraction of sp³-hybridized carbons (Fsp3) is 0.455. The first-order valence-corrected chi connectivity index (χ1v) is 10.8. The number of aromatic nitrogens is 4. The zero-order valence-electron chi connectivity index (χ0n) is 18.1. The SMILES string of the molecule is CCc1c(C(C)(C)O)nnc2c(F)cc(-c3nc(N[C@@H]4CCOC[C@H]4O)ncc3Cl)cc12. The number of aliphatic hydroxyl groups excluding tert-OH is 1. The maximum absolute atomic E-state index is 15.0. The molecule has 2 atom stereocenters. The Morgan fingerprint density at radius 1 is 1.31 bits per heavy atom. The van der Waals surface area contributed by atoms with E-state index in [1.807, 2.05) is 6.92 Å². The van der Waals surface area contributed by atoms with E-state index in [1.54, 1.807) is 19.9 Å². The molecule has 0 radical (unpaired) electrons. The van der Waals surface area contributed by atoms with E-state index < -0.39 is 17.5 Å². The third kappa shape index (κ3) is 4.38. The van der Waals surface area contributed by atoms with Crippen LogP contribution in [0.5, 0.6) is 0 Å². The van der Waals surface area contributed by atoms with Crippen molar-refractivity contribution in [2.24, 2.45) is 0 Å². The monoisotopic (exact) mass is 461 g/mol. The van der Waals surface area contributed by atoms with Crippen molar-refractivity contribution in [1.29, 1.82) is 0 Å². The van der Waals surface area contributed by atoms with E-state index >= 15 is 4.39 Å². The average molecular weight is 462 g/mol. The van der Waals surface area contributed by atoms with Gasteiger partial charge in [0.05, 0.1) is 41.4 Å². The number of hydrogen-bond donors (Lipinski definition) is 3. The standard InChI is InChI=1S/C22H25ClFN5O3/c1-4-12-13-7-11(8-15(24)19(13)28-29-20(12)22(2,3)31)18-14(23)9-25-21(27-18)26-16-5-6-32-10-17(16)30/h7-9,16-17,30-31H,4-6,10H2,1-3H3,(H,25,26,27)/t16-,17-/m1/s1. The van der Waals surface area contributed by atoms with Crippen LogP contribution in [0.4, 0.5) is 10.3 Å². The molecule has 1 aliphatic heterocycles. The first-order chi connectivity index (χ1) is 15.2. The van der Waals surface area contributed by atoms with Gasteiger partial charge in [-0.05, 0) is 44.4 Å². The molecular weight excluding hydrogens is 437 g/mol. The van der Waals surface area contributed by atoms with E-state index in [-0.39, 0.29) is 29.1 Å². The second kappa shape index (κ2) is 8.82. The molecule has 0 unspecified atom stereocenters. The van der Waals surface area contributed by atoms with Gasteiger partial charge in [-0.1, -0.05) is 18.5 Å². The highest BCUT2D eigenvalue weighted by Crippen LogP contribution is 2.34. The first kappa shape index (κ1) is 22.7. The average Bonchev–Trinajstić information content (AvgIpc) is 2.75. The van der Waals surface area contributed by atoms with Gasteiger partial charge in [-0.15, -0.1) is 5.10 Å². The fourth-order valence-corrected chi connectivity index (χ4v) is 4.10. The van der Waals surface area contributed by atoms with E-state index in [1.165, 1.54) is 12.3 Å². The van der Waals surface area contributed by atoms with Gasteiger partial charge in [0.15, 0.2) is 5.82 Å². The highest BCUT2D eigenvalue weighted by atomic mass is 35.5. The molecule has 4 rings (SSSR count). The summed E-state index contributed by atoms with van der Waals surface area (Å²) in [7, 11) is 0. The van der Waals surface area contributed by atoms with Crippen LogP contribution in [0, 0.1) is 5.82 Å². The number of nitrogens with one attached hydrogen (secondary N) is 1. The molecule has 2 aromatic heterocycles. The summed E-state index contributed by atoms with van der Waals surface area (Å²) < 4.78 is 20.3. The zero-order chi connectivity index (χ0) is 23.0. The maximum Gasteiger partial charge on any atom is 0.223 e. The normalized spacial score (nSPS) is 19.3. The summed E-state index contributed by atoms with van der Waals surface area (Å²) in [5.74, 6) is -0.289. The van der Waals surface area contributed by atoms with Crippen LogP contribution in [0.25, 0.3) is 22.2 Å². The molecule has 3 heterocycles. The molecule has 8 nitrogen and oxygen atoms in total. The fourth-order valence-electron chi connectivity index (χ4n) is 3.90. The Hall–Kier alpha value is -2.46. The Kier molecular flexibility index (Phi) is 6.26. The Morgan fingerprint density at radius 2 is 2.09 bits per heavy atom. The van der Waals surface area contributed by atoms with E-state index in [0.29, 0.717) is 47.3 Å². The first-order valence-electron chi connectivity index (χ1n) is 10.5. The number of hydrogen-bond acceptors (Lipinski definition) is 8. The molecule has 0 aliphatic carbocycles. The van der Waals surface area contributed by atoms with E-state index in [4.69, 9.17) is 16.3 Å². The molecule has 1 aliphatic rings. The quantitative estimate of drug-likeness (QED) is 0.530. The lowest BCUT2D eigenvalue weighted by atomic mass is 9.94. The molecule has 32 heavy (non-hydrogen) atoms. The molecule has 0 amide bonds. The predicted molar refractivity (Wildman–Crippen MR) is 119 cm³/mol. The molecule has 3 N–H and O–H groups in total. The third-order valence-electron chi connectivity index (χ3n) is 5.52. The van der Waals surface area contributed by atoms with E-state index in [9.17, 15) is 10.2 Å². The summed E-state index contributed by atoms with van der Waals surface area (Å²) in [5.41, 5.74) is 0.781. The van der Waals surface area contributed by atoms with Gasteiger partial charge in [0.25, 0.3) is 0 Å². The summed E-state index contributed by atoms with van der Waals surface area (Å²) in [6.45, 7) is 5.90. The molecule has 0 bridgehead atoms. The Balaban J connectivity index is 1.80. The molecule has 1 fully saturated rings. The molecule has 3 aromatic rings. The van der Waals surface area contributed by atoms with Crippen molar-refractivity contribution in [2.75, 3.05) is 18.5 Å². The van der Waals surface area contributed by atoms with Gasteiger partial charge in [-0.25, -0.2) is 14.4 Å². The van der Waals surface area contributed by atoms with E-state index in [0.717, 1.165) is 0 Å². The Bertz CT molecular complexity index is 1150. The number of nitrogens with zero attached hydrogens (tertiary/aromatic N) is 4. The second-order valence-electron chi connectivity index (χ2n) is 8.37. The molecule has 0 saturated carbocycles. The van der Waals surface area contributed by atoms with Gasteiger partial charge in [-0.3, -0.25) is 0 Å². The van der Waals surface area contributed by atoms with Crippen LogP contribution in [0.15, 0.2) is 18.3 Å². The largest absolute Gasteiger partial charge is 0.389 e. The highest BCUT2D eigenvalue weighted by Gasteiger charge is 2.26. The van der Waals surface area contributed by atoms with Crippen LogP contribution in [-0.4, -0.2) is 55.7 Å². The number of aryl methyl sites for hydroxylation is 1. The number of halogens is 2. The van der Waals surface area contributed by atoms with Crippen LogP contribution in [0.2, 0.25) is 5.02 Å². The van der Waals surface area contributed by atoms with Gasteiger partial charge in [-0.2, -0.15) is 5.10 Å². The van der Waals surface area contributed by atoms with Crippen LogP contribution >= 0.6 is 11.6 Å². The van der Waals surface area contributed by atoms with Gasteiger partial charge >= 0.3 is 0 Å². The minimum absolute atomic E-state index is 0.118. The lowest BCUT2D eigenvalue weighted by Crippen LogP contribution is -2.42. The second-order valence-corrected chi connectivity index (χ2v) is 8.77. The number of fused-ring (bicyclic) bond motifs is 1. The number of anilines is 1. The summed E-state index contributed by atoms with van der Waals surface area (Å²) in [5, 5.41) is 32.6. The Morgan fingerprint density at radius 3 is 2.78 bits per heavy atom. The zero-order valence-corrected chi connectivity index (χ0v) is 18.8. The molecule has 170 valence electrons. The lowest BCUT2D eigenvalue weighted by molar-refractivity contribution is -0.0136. The minimum atomic E-state index is -1.23. The highest BCUT2D eigenvalue weighted by molar-refractivity contribution is 6.33. The van der Waals surface area contributed by atoms with Crippen LogP contribution < -0.4 is 5.32 Å². The van der Waals surface area contributed by atoms with Crippen molar-refractivity contribution in [3.05, 3.63) is 40.4 Å². The minimum Gasteiger partial charge on any atom is -0.389 e. The summed E-state index contributed by atoms with van der Waals surface area (Å²) in [6, 6.07) is 2.80. The van der Waals surface area contributed by atoms with Gasteiger partial charge in [0.1, 0.15) is 11.1 Å². The van der Waals surface area contributed by atoms with E-state index in [2.05, 4.69) is 25.5 Å². The van der Waals surface area contributed by atoms with Crippen molar-refractivity contribution < 1.29 is 19.3 Å². The van der Waals surface area contributed by atoms with Gasteiger partial charge < -0.3 is 20.3 Å². The van der Waals surface area contributed by atoms with Crippen LogP contribution in [0.1, 0.15) is 38.4 Å². The topological polar surface area (TPSA) is 113 Å². The molecule has 10 heteroatoms. The Labute approximate surface area is 189 Å². The van der Waals surface area contributed by atoms with Crippen LogP contribution in [0.3, 0.4) is 0 Å². The van der Waals surface area contributed by atoms with Crippen molar-refractivity contribution in [3.8, 4) is 11.3 Å². The van der Waals surface area contributed by atoms with Crippen molar-refractivity contribution >= 4 is 28.5 Å². The maximum atomic E-state index is 15.0. The number of ether oxygens (including phenoxy) is 1. The molecule has 0 spiro atoms. The van der Waals surface area contributed by atoms with Crippen molar-refractivity contribution in [2.45, 2.75) is 51.4 Å². The lowest BCUT2D eigenvalue weighted by Gasteiger charge is -2.28. The summed E-state index contributed by atoms with van der Waals surface area (Å²) >= 11 is 6.37. The van der Waals surface area contributed by atoms with Crippen molar-refractivity contribution in [1.82, 2.24) is 20.2 Å². The summed E-state index contributed by atoms with van der Waals surface area (Å²) in [4.78, 5) is 8.69. The number of aliphatic hydroxyl groups is 2. The smallest absolute Gasteiger partial charge is 0.223 e. The molecule has 1 saturated heterocycles. The predicted octanol–water partition coefficient (Wildman–Crippen LogP) is 3.23. The molecular formula is C22H25ClFN5O3. The van der Waals surface area contributed by atoms with Gasteiger partial charge in [0, 0.05) is 17.6 Å². The number of benzene rings is 1.